The molecule has 0 fully saturated rings. The first kappa shape index (κ1) is 14.8. The van der Waals surface area contributed by atoms with E-state index in [-0.39, 0.29) is 0 Å². The van der Waals surface area contributed by atoms with Gasteiger partial charge in [-0.3, -0.25) is 4.79 Å². The Balaban J connectivity index is 1.97. The Morgan fingerprint density at radius 2 is 2.20 bits per heavy atom. The molecule has 0 spiro atoms. The van der Waals surface area contributed by atoms with Gasteiger partial charge in [-0.2, -0.15) is 0 Å². The van der Waals surface area contributed by atoms with Gasteiger partial charge >= 0.3 is 0 Å². The second-order valence-electron chi connectivity index (χ2n) is 3.95. The highest BCUT2D eigenvalue weighted by Crippen LogP contribution is 2.22. The molecule has 1 atom stereocenters. The Hall–Kier alpha value is -1.59. The third-order valence-corrected chi connectivity index (χ3v) is 3.63. The molecule has 0 bridgehead atoms. The van der Waals surface area contributed by atoms with E-state index < -0.39 is 11.5 Å². The van der Waals surface area contributed by atoms with Crippen molar-refractivity contribution in [2.45, 2.75) is 16.4 Å². The van der Waals surface area contributed by atoms with Crippen LogP contribution < -0.4 is 5.32 Å². The van der Waals surface area contributed by atoms with Crippen LogP contribution >= 0.6 is 23.4 Å². The average Bonchev–Trinajstić information content (AvgIpc) is 2.46. The summed E-state index contributed by atoms with van der Waals surface area (Å²) in [6, 6.07) is 12.9. The molecule has 1 heterocycles. The molecule has 1 unspecified atom stereocenters. The van der Waals surface area contributed by atoms with Crippen molar-refractivity contribution in [3.05, 3.63) is 54.2 Å². The zero-order chi connectivity index (χ0) is 14.4. The van der Waals surface area contributed by atoms with E-state index in [2.05, 4.69) is 10.3 Å². The number of alkyl halides is 2. The maximum Gasteiger partial charge on any atom is 0.274 e. The number of hydrogen-bond donors (Lipinski definition) is 1. The summed E-state index contributed by atoms with van der Waals surface area (Å²) in [7, 11) is 0. The Morgan fingerprint density at radius 3 is 2.90 bits per heavy atom. The number of carbonyl (C=O) groups excluding carboxylic acids is 1. The molecule has 0 aliphatic carbocycles. The first-order valence-electron chi connectivity index (χ1n) is 5.87. The number of benzene rings is 1. The number of thioether (sulfide) groups is 1. The average molecular weight is 311 g/mol. The highest BCUT2D eigenvalue weighted by atomic mass is 35.5. The van der Waals surface area contributed by atoms with Crippen LogP contribution in [0.3, 0.4) is 0 Å². The summed E-state index contributed by atoms with van der Waals surface area (Å²) >= 11 is 6.65. The second kappa shape index (κ2) is 7.26. The van der Waals surface area contributed by atoms with Crippen LogP contribution in [-0.2, 0) is 10.5 Å². The van der Waals surface area contributed by atoms with Gasteiger partial charge in [0.15, 0.2) is 0 Å². The Kier molecular flexibility index (Phi) is 5.38. The van der Waals surface area contributed by atoms with Gasteiger partial charge in [0, 0.05) is 17.6 Å². The number of nitrogens with one attached hydrogen (secondary N) is 1. The molecule has 0 aliphatic rings. The summed E-state index contributed by atoms with van der Waals surface area (Å²) in [5.74, 6) is -0.151. The van der Waals surface area contributed by atoms with E-state index in [9.17, 15) is 9.18 Å². The van der Waals surface area contributed by atoms with Gasteiger partial charge in [0.25, 0.3) is 11.5 Å². The van der Waals surface area contributed by atoms with Gasteiger partial charge in [0.05, 0.1) is 5.03 Å². The lowest BCUT2D eigenvalue weighted by Gasteiger charge is -2.07. The summed E-state index contributed by atoms with van der Waals surface area (Å²) in [6.45, 7) is 0. The molecule has 0 saturated carbocycles. The quantitative estimate of drug-likeness (QED) is 0.674. The highest BCUT2D eigenvalue weighted by Gasteiger charge is 2.13. The van der Waals surface area contributed by atoms with Crippen molar-refractivity contribution < 1.29 is 9.18 Å². The number of nitrogens with zero attached hydrogens (tertiary/aromatic N) is 1. The zero-order valence-electron chi connectivity index (χ0n) is 10.4. The van der Waals surface area contributed by atoms with E-state index in [0.717, 1.165) is 10.6 Å². The van der Waals surface area contributed by atoms with E-state index in [4.69, 9.17) is 11.6 Å². The van der Waals surface area contributed by atoms with Crippen molar-refractivity contribution in [3.63, 3.8) is 0 Å². The number of carbonyl (C=O) groups is 1. The fourth-order valence-corrected chi connectivity index (χ4v) is 2.38. The molecule has 2 aromatic rings. The Morgan fingerprint density at radius 1 is 1.35 bits per heavy atom. The summed E-state index contributed by atoms with van der Waals surface area (Å²) in [6.07, 6.45) is 1.74. The maximum atomic E-state index is 12.6. The molecule has 0 aliphatic heterocycles. The number of halogens is 2. The standard InChI is InChI=1S/C14H12ClFN2OS/c15-13(16)14(19)18-11-5-3-4-10(8-11)9-20-12-6-1-2-7-17-12/h1-8,13H,9H2,(H,18,19). The van der Waals surface area contributed by atoms with Gasteiger partial charge < -0.3 is 5.32 Å². The minimum atomic E-state index is -2.04. The minimum Gasteiger partial charge on any atom is -0.322 e. The number of amides is 1. The van der Waals surface area contributed by atoms with Gasteiger partial charge in [-0.15, -0.1) is 11.8 Å². The van der Waals surface area contributed by atoms with E-state index in [1.807, 2.05) is 24.3 Å². The number of hydrogen-bond acceptors (Lipinski definition) is 3. The van der Waals surface area contributed by atoms with Gasteiger partial charge in [0.2, 0.25) is 0 Å². The molecule has 0 radical (unpaired) electrons. The molecule has 3 nitrogen and oxygen atoms in total. The smallest absolute Gasteiger partial charge is 0.274 e. The molecule has 2 rings (SSSR count). The SMILES string of the molecule is O=C(Nc1cccc(CSc2ccccn2)c1)C(F)Cl. The van der Waals surface area contributed by atoms with Crippen molar-refractivity contribution in [2.75, 3.05) is 5.32 Å². The van der Waals surface area contributed by atoms with E-state index in [0.29, 0.717) is 11.4 Å². The van der Waals surface area contributed by atoms with Gasteiger partial charge in [-0.05, 0) is 29.8 Å². The van der Waals surface area contributed by atoms with Crippen LogP contribution in [0.5, 0.6) is 0 Å². The first-order valence-corrected chi connectivity index (χ1v) is 7.29. The number of anilines is 1. The zero-order valence-corrected chi connectivity index (χ0v) is 12.0. The van der Waals surface area contributed by atoms with Crippen LogP contribution in [0.15, 0.2) is 53.7 Å². The van der Waals surface area contributed by atoms with Crippen molar-refractivity contribution in [1.82, 2.24) is 4.98 Å². The third kappa shape index (κ3) is 4.51. The fourth-order valence-electron chi connectivity index (χ4n) is 1.53. The van der Waals surface area contributed by atoms with E-state index >= 15 is 0 Å². The normalized spacial score (nSPS) is 11.9. The summed E-state index contributed by atoms with van der Waals surface area (Å²) in [4.78, 5) is 15.4. The van der Waals surface area contributed by atoms with E-state index in [1.165, 1.54) is 0 Å². The van der Waals surface area contributed by atoms with Crippen LogP contribution in [0.2, 0.25) is 0 Å². The number of rotatable bonds is 5. The molecular formula is C14H12ClFN2OS. The predicted molar refractivity (Wildman–Crippen MR) is 79.6 cm³/mol. The topological polar surface area (TPSA) is 42.0 Å². The lowest BCUT2D eigenvalue weighted by Crippen LogP contribution is -2.19. The van der Waals surface area contributed by atoms with Crippen LogP contribution in [0, 0.1) is 0 Å². The third-order valence-electron chi connectivity index (χ3n) is 2.42. The molecular weight excluding hydrogens is 299 g/mol. The summed E-state index contributed by atoms with van der Waals surface area (Å²) < 4.78 is 12.6. The van der Waals surface area contributed by atoms with Crippen LogP contribution in [0.25, 0.3) is 0 Å². The lowest BCUT2D eigenvalue weighted by atomic mass is 10.2. The van der Waals surface area contributed by atoms with Crippen LogP contribution in [-0.4, -0.2) is 16.5 Å². The molecule has 0 saturated heterocycles. The van der Waals surface area contributed by atoms with Gasteiger partial charge in [-0.1, -0.05) is 29.8 Å². The number of pyridine rings is 1. The molecule has 1 aromatic carbocycles. The predicted octanol–water partition coefficient (Wildman–Crippen LogP) is 3.85. The first-order chi connectivity index (χ1) is 9.65. The Bertz CT molecular complexity index is 580. The summed E-state index contributed by atoms with van der Waals surface area (Å²) in [5.41, 5.74) is -0.512. The van der Waals surface area contributed by atoms with Crippen molar-refractivity contribution in [3.8, 4) is 0 Å². The van der Waals surface area contributed by atoms with Crippen LogP contribution in [0.4, 0.5) is 10.1 Å². The van der Waals surface area contributed by atoms with Gasteiger partial charge in [0.1, 0.15) is 0 Å². The molecule has 6 heteroatoms. The largest absolute Gasteiger partial charge is 0.322 e. The molecule has 1 aromatic heterocycles. The van der Waals surface area contributed by atoms with Crippen LogP contribution in [0.1, 0.15) is 5.56 Å². The molecule has 1 N–H and O–H groups in total. The number of aromatic nitrogens is 1. The molecule has 1 amide bonds. The lowest BCUT2D eigenvalue weighted by molar-refractivity contribution is -0.118. The van der Waals surface area contributed by atoms with E-state index in [1.54, 1.807) is 36.2 Å². The molecule has 104 valence electrons. The van der Waals surface area contributed by atoms with Crippen molar-refractivity contribution >= 4 is 35.0 Å². The Labute approximate surface area is 125 Å². The minimum absolute atomic E-state index is 0.525. The monoisotopic (exact) mass is 310 g/mol. The maximum absolute atomic E-state index is 12.6. The fraction of sp³-hybridized carbons (Fsp3) is 0.143. The molecule has 20 heavy (non-hydrogen) atoms. The van der Waals surface area contributed by atoms with Crippen molar-refractivity contribution in [2.24, 2.45) is 0 Å². The second-order valence-corrected chi connectivity index (χ2v) is 5.33. The van der Waals surface area contributed by atoms with Gasteiger partial charge in [-0.25, -0.2) is 9.37 Å². The summed E-state index contributed by atoms with van der Waals surface area (Å²) in [5, 5.41) is 3.33. The van der Waals surface area contributed by atoms with Crippen molar-refractivity contribution in [1.29, 1.82) is 0 Å². The highest BCUT2D eigenvalue weighted by molar-refractivity contribution is 7.98.